The van der Waals surface area contributed by atoms with Crippen molar-refractivity contribution in [3.05, 3.63) is 38.7 Å². The van der Waals surface area contributed by atoms with Gasteiger partial charge >= 0.3 is 0 Å². The number of thioether (sulfide) groups is 1. The van der Waals surface area contributed by atoms with Gasteiger partial charge in [0.2, 0.25) is 0 Å². The first-order chi connectivity index (χ1) is 9.63. The molecule has 2 rings (SSSR count). The molecule has 5 nitrogen and oxygen atoms in total. The molecule has 2 aromatic heterocycles. The number of aryl methyl sites for hydroxylation is 1. The van der Waals surface area contributed by atoms with Crippen LogP contribution in [0.3, 0.4) is 0 Å². The number of methoxy groups -OCH3 is 1. The summed E-state index contributed by atoms with van der Waals surface area (Å²) in [6, 6.07) is 1.48. The average molecular weight is 311 g/mol. The lowest BCUT2D eigenvalue weighted by Gasteiger charge is -2.08. The molecule has 0 aromatic carbocycles. The topological polar surface area (TPSA) is 57.0 Å². The minimum Gasteiger partial charge on any atom is -0.375 e. The number of nitrogens with zero attached hydrogens (tertiary/aromatic N) is 3. The Labute approximate surface area is 126 Å². The molecule has 2 heterocycles. The van der Waals surface area contributed by atoms with E-state index in [1.165, 1.54) is 17.8 Å². The van der Waals surface area contributed by atoms with Gasteiger partial charge in [0.15, 0.2) is 5.16 Å². The van der Waals surface area contributed by atoms with E-state index in [-0.39, 0.29) is 11.7 Å². The van der Waals surface area contributed by atoms with Gasteiger partial charge in [-0.15, -0.1) is 11.3 Å². The molecule has 0 N–H and O–H groups in total. The van der Waals surface area contributed by atoms with Crippen molar-refractivity contribution in [2.75, 3.05) is 7.11 Å². The van der Waals surface area contributed by atoms with Crippen molar-refractivity contribution in [1.29, 1.82) is 0 Å². The fourth-order valence-electron chi connectivity index (χ4n) is 1.58. The van der Waals surface area contributed by atoms with Crippen molar-refractivity contribution >= 4 is 23.1 Å². The van der Waals surface area contributed by atoms with E-state index in [1.807, 2.05) is 23.8 Å². The maximum Gasteiger partial charge on any atom is 0.273 e. The van der Waals surface area contributed by atoms with Crippen LogP contribution in [0, 0.1) is 0 Å². The highest BCUT2D eigenvalue weighted by atomic mass is 32.2. The number of rotatable bonds is 6. The standard InChI is InChI=1S/C13H17N3O2S2/c1-4-16-6-5-11(17)15-13(16)20-8-10-7-19-12(14-10)9(2)18-3/h5-7,9H,4,8H2,1-3H3. The van der Waals surface area contributed by atoms with Gasteiger partial charge < -0.3 is 9.30 Å². The zero-order valence-corrected chi connectivity index (χ0v) is 13.3. The first kappa shape index (κ1) is 15.2. The van der Waals surface area contributed by atoms with Gasteiger partial charge in [-0.05, 0) is 13.8 Å². The minimum absolute atomic E-state index is 0.0161. The molecule has 0 saturated heterocycles. The SMILES string of the molecule is CCn1ccc(=O)nc1SCc1csc(C(C)OC)n1. The summed E-state index contributed by atoms with van der Waals surface area (Å²) in [6.45, 7) is 4.79. The molecule has 0 radical (unpaired) electrons. The van der Waals surface area contributed by atoms with Crippen LogP contribution in [0.4, 0.5) is 0 Å². The molecule has 0 fully saturated rings. The molecule has 0 spiro atoms. The molecule has 20 heavy (non-hydrogen) atoms. The molecule has 0 aliphatic carbocycles. The van der Waals surface area contributed by atoms with E-state index in [0.29, 0.717) is 5.75 Å². The fourth-order valence-corrected chi connectivity index (χ4v) is 3.48. The Morgan fingerprint density at radius 3 is 3.00 bits per heavy atom. The molecule has 2 aromatic rings. The van der Waals surface area contributed by atoms with E-state index in [1.54, 1.807) is 24.6 Å². The number of aromatic nitrogens is 3. The van der Waals surface area contributed by atoms with Gasteiger partial charge in [-0.3, -0.25) is 4.79 Å². The van der Waals surface area contributed by atoms with Gasteiger partial charge in [0.05, 0.1) is 5.69 Å². The number of thiazole rings is 1. The van der Waals surface area contributed by atoms with Crippen LogP contribution in [0.25, 0.3) is 0 Å². The van der Waals surface area contributed by atoms with E-state index in [4.69, 9.17) is 4.74 Å². The molecule has 0 saturated carbocycles. The number of hydrogen-bond acceptors (Lipinski definition) is 6. The van der Waals surface area contributed by atoms with E-state index < -0.39 is 0 Å². The highest BCUT2D eigenvalue weighted by Crippen LogP contribution is 2.25. The lowest BCUT2D eigenvalue weighted by atomic mass is 10.4. The monoisotopic (exact) mass is 311 g/mol. The van der Waals surface area contributed by atoms with Crippen LogP contribution >= 0.6 is 23.1 Å². The molecular formula is C13H17N3O2S2. The van der Waals surface area contributed by atoms with Crippen LogP contribution in [-0.4, -0.2) is 21.6 Å². The Hall–Kier alpha value is -1.18. The third-order valence-corrected chi connectivity index (χ3v) is 4.89. The second kappa shape index (κ2) is 7.01. The molecule has 1 unspecified atom stereocenters. The summed E-state index contributed by atoms with van der Waals surface area (Å²) in [5.41, 5.74) is 0.781. The van der Waals surface area contributed by atoms with Crippen LogP contribution in [0.15, 0.2) is 27.6 Å². The maximum atomic E-state index is 11.3. The summed E-state index contributed by atoms with van der Waals surface area (Å²) in [7, 11) is 1.67. The summed E-state index contributed by atoms with van der Waals surface area (Å²) in [5, 5.41) is 3.72. The van der Waals surface area contributed by atoms with Crippen LogP contribution in [0.1, 0.15) is 30.7 Å². The van der Waals surface area contributed by atoms with Crippen molar-refractivity contribution in [3.63, 3.8) is 0 Å². The predicted octanol–water partition coefficient (Wildman–Crippen LogP) is 2.72. The lowest BCUT2D eigenvalue weighted by molar-refractivity contribution is 0.119. The van der Waals surface area contributed by atoms with E-state index in [9.17, 15) is 4.79 Å². The minimum atomic E-state index is -0.204. The summed E-state index contributed by atoms with van der Waals surface area (Å²) in [6.07, 6.45) is 1.79. The largest absolute Gasteiger partial charge is 0.375 e. The smallest absolute Gasteiger partial charge is 0.273 e. The van der Waals surface area contributed by atoms with Crippen molar-refractivity contribution in [2.24, 2.45) is 0 Å². The second-order valence-electron chi connectivity index (χ2n) is 4.18. The van der Waals surface area contributed by atoms with E-state index in [2.05, 4.69) is 9.97 Å². The van der Waals surface area contributed by atoms with Crippen molar-refractivity contribution in [2.45, 2.75) is 37.4 Å². The molecule has 0 bridgehead atoms. The Morgan fingerprint density at radius 1 is 1.50 bits per heavy atom. The Morgan fingerprint density at radius 2 is 2.30 bits per heavy atom. The Bertz CT molecular complexity index is 624. The summed E-state index contributed by atoms with van der Waals surface area (Å²) in [5.74, 6) is 0.698. The van der Waals surface area contributed by atoms with E-state index >= 15 is 0 Å². The molecule has 108 valence electrons. The predicted molar refractivity (Wildman–Crippen MR) is 81.3 cm³/mol. The quantitative estimate of drug-likeness (QED) is 0.606. The lowest BCUT2D eigenvalue weighted by Crippen LogP contribution is -2.12. The molecule has 1 atom stereocenters. The van der Waals surface area contributed by atoms with Gasteiger partial charge in [0.25, 0.3) is 5.56 Å². The van der Waals surface area contributed by atoms with Crippen molar-refractivity contribution < 1.29 is 4.74 Å². The highest BCUT2D eigenvalue weighted by molar-refractivity contribution is 7.98. The van der Waals surface area contributed by atoms with Crippen LogP contribution in [0.5, 0.6) is 0 Å². The maximum absolute atomic E-state index is 11.3. The zero-order valence-electron chi connectivity index (χ0n) is 11.7. The van der Waals surface area contributed by atoms with Gasteiger partial charge in [-0.25, -0.2) is 4.98 Å². The van der Waals surface area contributed by atoms with Gasteiger partial charge in [-0.2, -0.15) is 4.98 Å². The van der Waals surface area contributed by atoms with Gasteiger partial charge in [0.1, 0.15) is 11.1 Å². The van der Waals surface area contributed by atoms with Crippen LogP contribution in [0.2, 0.25) is 0 Å². The Kier molecular flexibility index (Phi) is 5.33. The normalized spacial score (nSPS) is 12.6. The molecule has 7 heteroatoms. The van der Waals surface area contributed by atoms with Crippen LogP contribution in [-0.2, 0) is 17.0 Å². The second-order valence-corrected chi connectivity index (χ2v) is 6.01. The van der Waals surface area contributed by atoms with Gasteiger partial charge in [0, 0.05) is 37.1 Å². The zero-order chi connectivity index (χ0) is 14.5. The average Bonchev–Trinajstić information content (AvgIpc) is 2.93. The number of hydrogen-bond donors (Lipinski definition) is 0. The fraction of sp³-hybridized carbons (Fsp3) is 0.462. The molecule has 0 amide bonds. The van der Waals surface area contributed by atoms with Crippen molar-refractivity contribution in [3.8, 4) is 0 Å². The molecule has 0 aliphatic rings. The van der Waals surface area contributed by atoms with Crippen molar-refractivity contribution in [1.82, 2.24) is 14.5 Å². The first-order valence-corrected chi connectivity index (χ1v) is 8.18. The third kappa shape index (κ3) is 3.68. The molecular weight excluding hydrogens is 294 g/mol. The van der Waals surface area contributed by atoms with Crippen LogP contribution < -0.4 is 5.56 Å². The third-order valence-electron chi connectivity index (χ3n) is 2.81. The summed E-state index contributed by atoms with van der Waals surface area (Å²) < 4.78 is 7.20. The number of ether oxygens (including phenoxy) is 1. The summed E-state index contributed by atoms with van der Waals surface area (Å²) in [4.78, 5) is 19.9. The van der Waals surface area contributed by atoms with Gasteiger partial charge in [-0.1, -0.05) is 11.8 Å². The Balaban J connectivity index is 2.07. The summed E-state index contributed by atoms with van der Waals surface area (Å²) >= 11 is 3.12. The van der Waals surface area contributed by atoms with E-state index in [0.717, 1.165) is 22.4 Å². The highest BCUT2D eigenvalue weighted by Gasteiger charge is 2.10. The first-order valence-electron chi connectivity index (χ1n) is 6.31. The molecule has 0 aliphatic heterocycles.